The number of nitrogens with one attached hydrogen (secondary N) is 1. The number of aryl methyl sites for hydroxylation is 1. The average Bonchev–Trinajstić information content (AvgIpc) is 2.87. The molecule has 2 rings (SSSR count). The minimum atomic E-state index is 0.761. The fourth-order valence-corrected chi connectivity index (χ4v) is 1.89. The number of hydrogen-bond acceptors (Lipinski definition) is 4. The molecule has 108 valence electrons. The van der Waals surface area contributed by atoms with Crippen molar-refractivity contribution in [1.82, 2.24) is 20.1 Å². The Morgan fingerprint density at radius 1 is 1.25 bits per heavy atom. The van der Waals surface area contributed by atoms with Gasteiger partial charge in [-0.25, -0.2) is 0 Å². The standard InChI is InChI=1S/C15H22N4O/c1-3-6-16-10-13-9-14(5-7-17-13)20-15-11-18-19(12-15)8-4-2/h5,7,9,11-12,16H,3-4,6,8,10H2,1-2H3. The van der Waals surface area contributed by atoms with Crippen molar-refractivity contribution < 1.29 is 4.74 Å². The summed E-state index contributed by atoms with van der Waals surface area (Å²) in [5.74, 6) is 1.56. The van der Waals surface area contributed by atoms with E-state index in [4.69, 9.17) is 4.74 Å². The zero-order valence-electron chi connectivity index (χ0n) is 12.2. The zero-order chi connectivity index (χ0) is 14.2. The van der Waals surface area contributed by atoms with E-state index in [0.29, 0.717) is 0 Å². The molecule has 1 N–H and O–H groups in total. The van der Waals surface area contributed by atoms with E-state index in [1.165, 1.54) is 0 Å². The Morgan fingerprint density at radius 2 is 2.15 bits per heavy atom. The van der Waals surface area contributed by atoms with Crippen molar-refractivity contribution >= 4 is 0 Å². The molecule has 0 aromatic carbocycles. The van der Waals surface area contributed by atoms with Crippen LogP contribution in [-0.2, 0) is 13.1 Å². The highest BCUT2D eigenvalue weighted by Crippen LogP contribution is 2.20. The van der Waals surface area contributed by atoms with Crippen LogP contribution in [0.15, 0.2) is 30.7 Å². The Kier molecular flexibility index (Phi) is 5.55. The number of hydrogen-bond donors (Lipinski definition) is 1. The lowest BCUT2D eigenvalue weighted by molar-refractivity contribution is 0.478. The highest BCUT2D eigenvalue weighted by atomic mass is 16.5. The first-order valence-electron chi connectivity index (χ1n) is 7.17. The molecule has 0 radical (unpaired) electrons. The van der Waals surface area contributed by atoms with Gasteiger partial charge in [0.1, 0.15) is 5.75 Å². The second kappa shape index (κ2) is 7.65. The van der Waals surface area contributed by atoms with Gasteiger partial charge in [-0.2, -0.15) is 5.10 Å². The smallest absolute Gasteiger partial charge is 0.165 e. The number of aromatic nitrogens is 3. The molecule has 0 saturated heterocycles. The third-order valence-electron chi connectivity index (χ3n) is 2.82. The van der Waals surface area contributed by atoms with E-state index in [1.807, 2.05) is 23.0 Å². The molecule has 5 heteroatoms. The summed E-state index contributed by atoms with van der Waals surface area (Å²) >= 11 is 0. The Bertz CT molecular complexity index is 524. The monoisotopic (exact) mass is 274 g/mol. The van der Waals surface area contributed by atoms with E-state index < -0.39 is 0 Å². The predicted octanol–water partition coefficient (Wildman–Crippen LogP) is 2.98. The number of pyridine rings is 1. The van der Waals surface area contributed by atoms with Gasteiger partial charge in [0, 0.05) is 25.4 Å². The first kappa shape index (κ1) is 14.5. The van der Waals surface area contributed by atoms with Gasteiger partial charge >= 0.3 is 0 Å². The predicted molar refractivity (Wildman–Crippen MR) is 78.8 cm³/mol. The topological polar surface area (TPSA) is 52.0 Å². The summed E-state index contributed by atoms with van der Waals surface area (Å²) < 4.78 is 7.69. The Morgan fingerprint density at radius 3 is 2.95 bits per heavy atom. The molecule has 5 nitrogen and oxygen atoms in total. The van der Waals surface area contributed by atoms with Crippen LogP contribution >= 0.6 is 0 Å². The average molecular weight is 274 g/mol. The maximum Gasteiger partial charge on any atom is 0.165 e. The number of rotatable bonds is 8. The van der Waals surface area contributed by atoms with Crippen molar-refractivity contribution in [3.63, 3.8) is 0 Å². The summed E-state index contributed by atoms with van der Waals surface area (Å²) in [6.07, 6.45) is 7.61. The second-order valence-electron chi connectivity index (χ2n) is 4.70. The third kappa shape index (κ3) is 4.35. The lowest BCUT2D eigenvalue weighted by atomic mass is 10.3. The first-order chi connectivity index (χ1) is 9.81. The summed E-state index contributed by atoms with van der Waals surface area (Å²) in [6.45, 7) is 6.94. The molecular weight excluding hydrogens is 252 g/mol. The minimum absolute atomic E-state index is 0.761. The molecule has 0 bridgehead atoms. The van der Waals surface area contributed by atoms with Gasteiger partial charge in [0.25, 0.3) is 0 Å². The van der Waals surface area contributed by atoms with Gasteiger partial charge in [-0.15, -0.1) is 0 Å². The van der Waals surface area contributed by atoms with E-state index in [-0.39, 0.29) is 0 Å². The van der Waals surface area contributed by atoms with E-state index in [1.54, 1.807) is 12.4 Å². The summed E-state index contributed by atoms with van der Waals surface area (Å²) in [4.78, 5) is 4.32. The quantitative estimate of drug-likeness (QED) is 0.752. The van der Waals surface area contributed by atoms with Gasteiger partial charge in [-0.3, -0.25) is 9.67 Å². The van der Waals surface area contributed by atoms with Crippen molar-refractivity contribution in [2.24, 2.45) is 0 Å². The normalized spacial score (nSPS) is 10.7. The maximum absolute atomic E-state index is 5.80. The SMILES string of the molecule is CCCNCc1cc(Oc2cnn(CCC)c2)ccn1. The molecule has 0 saturated carbocycles. The van der Waals surface area contributed by atoms with Crippen LogP contribution in [0, 0.1) is 0 Å². The van der Waals surface area contributed by atoms with E-state index in [2.05, 4.69) is 29.2 Å². The molecule has 0 unspecified atom stereocenters. The molecular formula is C15H22N4O. The molecule has 0 fully saturated rings. The molecule has 2 heterocycles. The van der Waals surface area contributed by atoms with Crippen LogP contribution in [0.1, 0.15) is 32.4 Å². The van der Waals surface area contributed by atoms with Crippen LogP contribution in [0.5, 0.6) is 11.5 Å². The van der Waals surface area contributed by atoms with Gasteiger partial charge in [0.2, 0.25) is 0 Å². The highest BCUT2D eigenvalue weighted by molar-refractivity contribution is 5.28. The van der Waals surface area contributed by atoms with Crippen LogP contribution in [0.4, 0.5) is 0 Å². The first-order valence-corrected chi connectivity index (χ1v) is 7.17. The van der Waals surface area contributed by atoms with Gasteiger partial charge in [-0.1, -0.05) is 13.8 Å². The molecule has 2 aromatic heterocycles. The Balaban J connectivity index is 1.95. The van der Waals surface area contributed by atoms with E-state index in [0.717, 1.165) is 49.7 Å². The lowest BCUT2D eigenvalue weighted by Gasteiger charge is -2.06. The second-order valence-corrected chi connectivity index (χ2v) is 4.70. The highest BCUT2D eigenvalue weighted by Gasteiger charge is 2.03. The number of ether oxygens (including phenoxy) is 1. The molecule has 20 heavy (non-hydrogen) atoms. The summed E-state index contributed by atoms with van der Waals surface area (Å²) in [6, 6.07) is 3.82. The summed E-state index contributed by atoms with van der Waals surface area (Å²) in [5, 5.41) is 7.58. The third-order valence-corrected chi connectivity index (χ3v) is 2.82. The van der Waals surface area contributed by atoms with Crippen molar-refractivity contribution in [3.05, 3.63) is 36.4 Å². The van der Waals surface area contributed by atoms with Crippen LogP contribution < -0.4 is 10.1 Å². The van der Waals surface area contributed by atoms with E-state index >= 15 is 0 Å². The largest absolute Gasteiger partial charge is 0.454 e. The fourth-order valence-electron chi connectivity index (χ4n) is 1.89. The van der Waals surface area contributed by atoms with Crippen LogP contribution in [0.25, 0.3) is 0 Å². The van der Waals surface area contributed by atoms with Gasteiger partial charge in [0.15, 0.2) is 5.75 Å². The Hall–Kier alpha value is -1.88. The zero-order valence-corrected chi connectivity index (χ0v) is 12.2. The summed E-state index contributed by atoms with van der Waals surface area (Å²) in [7, 11) is 0. The molecule has 0 aliphatic rings. The molecule has 0 atom stereocenters. The molecule has 2 aromatic rings. The number of nitrogens with zero attached hydrogens (tertiary/aromatic N) is 3. The minimum Gasteiger partial charge on any atom is -0.454 e. The van der Waals surface area contributed by atoms with Gasteiger partial charge in [-0.05, 0) is 25.5 Å². The van der Waals surface area contributed by atoms with Crippen molar-refractivity contribution in [3.8, 4) is 11.5 Å². The van der Waals surface area contributed by atoms with Crippen LogP contribution in [0.3, 0.4) is 0 Å². The van der Waals surface area contributed by atoms with Crippen LogP contribution in [0.2, 0.25) is 0 Å². The van der Waals surface area contributed by atoms with Gasteiger partial charge < -0.3 is 10.1 Å². The molecule has 0 aliphatic carbocycles. The van der Waals surface area contributed by atoms with Crippen molar-refractivity contribution in [1.29, 1.82) is 0 Å². The Labute approximate surface area is 120 Å². The van der Waals surface area contributed by atoms with Crippen molar-refractivity contribution in [2.75, 3.05) is 6.54 Å². The molecule has 0 amide bonds. The fraction of sp³-hybridized carbons (Fsp3) is 0.467. The van der Waals surface area contributed by atoms with Gasteiger partial charge in [0.05, 0.1) is 18.1 Å². The summed E-state index contributed by atoms with van der Waals surface area (Å²) in [5.41, 5.74) is 0.983. The van der Waals surface area contributed by atoms with E-state index in [9.17, 15) is 0 Å². The van der Waals surface area contributed by atoms with Crippen LogP contribution in [-0.4, -0.2) is 21.3 Å². The molecule has 0 aliphatic heterocycles. The molecule has 0 spiro atoms. The maximum atomic E-state index is 5.80. The van der Waals surface area contributed by atoms with Crippen molar-refractivity contribution in [2.45, 2.75) is 39.8 Å². The lowest BCUT2D eigenvalue weighted by Crippen LogP contribution is -2.14.